The monoisotopic (exact) mass is 406 g/mol. The van der Waals surface area contributed by atoms with Gasteiger partial charge in [0.05, 0.1) is 11.3 Å². The van der Waals surface area contributed by atoms with Crippen molar-refractivity contribution in [3.63, 3.8) is 0 Å². The SMILES string of the molecule is Cc1ccccc1NC1=C(c2ccc(Cl)cc2)C(=O)N(c2ccccc2F)C1=O. The van der Waals surface area contributed by atoms with Gasteiger partial charge in [-0.25, -0.2) is 9.29 Å². The van der Waals surface area contributed by atoms with E-state index >= 15 is 0 Å². The maximum atomic E-state index is 14.4. The van der Waals surface area contributed by atoms with Crippen LogP contribution < -0.4 is 10.2 Å². The van der Waals surface area contributed by atoms with Crippen molar-refractivity contribution in [2.75, 3.05) is 10.2 Å². The third kappa shape index (κ3) is 3.41. The summed E-state index contributed by atoms with van der Waals surface area (Å²) in [5.41, 5.74) is 2.27. The number of halogens is 2. The van der Waals surface area contributed by atoms with Crippen LogP contribution in [0, 0.1) is 12.7 Å². The van der Waals surface area contributed by atoms with Crippen molar-refractivity contribution >= 4 is 40.4 Å². The summed E-state index contributed by atoms with van der Waals surface area (Å²) in [6.45, 7) is 1.89. The van der Waals surface area contributed by atoms with E-state index in [1.165, 1.54) is 18.2 Å². The molecule has 144 valence electrons. The normalized spacial score (nSPS) is 14.0. The van der Waals surface area contributed by atoms with Crippen LogP contribution in [0.25, 0.3) is 5.57 Å². The average Bonchev–Trinajstić information content (AvgIpc) is 2.95. The van der Waals surface area contributed by atoms with Gasteiger partial charge >= 0.3 is 0 Å². The van der Waals surface area contributed by atoms with Gasteiger partial charge in [-0.1, -0.05) is 54.1 Å². The second-order valence-electron chi connectivity index (χ2n) is 6.59. The number of nitrogens with zero attached hydrogens (tertiary/aromatic N) is 1. The van der Waals surface area contributed by atoms with Crippen molar-refractivity contribution < 1.29 is 14.0 Å². The predicted octanol–water partition coefficient (Wildman–Crippen LogP) is 5.18. The Morgan fingerprint density at radius 3 is 2.21 bits per heavy atom. The molecule has 6 heteroatoms. The summed E-state index contributed by atoms with van der Waals surface area (Å²) in [7, 11) is 0. The van der Waals surface area contributed by atoms with E-state index in [0.29, 0.717) is 16.3 Å². The van der Waals surface area contributed by atoms with E-state index in [4.69, 9.17) is 11.6 Å². The molecule has 0 atom stereocenters. The van der Waals surface area contributed by atoms with Crippen molar-refractivity contribution in [1.29, 1.82) is 0 Å². The van der Waals surface area contributed by atoms with Crippen LogP contribution in [0.1, 0.15) is 11.1 Å². The quantitative estimate of drug-likeness (QED) is 0.607. The number of hydrogen-bond acceptors (Lipinski definition) is 3. The van der Waals surface area contributed by atoms with Crippen LogP contribution >= 0.6 is 11.6 Å². The summed E-state index contributed by atoms with van der Waals surface area (Å²) < 4.78 is 14.4. The van der Waals surface area contributed by atoms with E-state index in [1.54, 1.807) is 30.3 Å². The minimum absolute atomic E-state index is 0.0875. The van der Waals surface area contributed by atoms with Crippen LogP contribution in [-0.4, -0.2) is 11.8 Å². The Labute approximate surface area is 172 Å². The summed E-state index contributed by atoms with van der Waals surface area (Å²) in [5, 5.41) is 3.59. The van der Waals surface area contributed by atoms with Gasteiger partial charge in [0, 0.05) is 10.7 Å². The van der Waals surface area contributed by atoms with Crippen LogP contribution in [0.2, 0.25) is 5.02 Å². The number of aryl methyl sites for hydroxylation is 1. The molecule has 0 unspecified atom stereocenters. The number of carbonyl (C=O) groups is 2. The molecule has 0 saturated heterocycles. The lowest BCUT2D eigenvalue weighted by molar-refractivity contribution is -0.120. The Morgan fingerprint density at radius 2 is 1.52 bits per heavy atom. The predicted molar refractivity (Wildman–Crippen MR) is 112 cm³/mol. The molecule has 1 heterocycles. The Balaban J connectivity index is 1.86. The maximum absolute atomic E-state index is 14.4. The number of para-hydroxylation sites is 2. The molecular weight excluding hydrogens is 391 g/mol. The summed E-state index contributed by atoms with van der Waals surface area (Å²) in [6.07, 6.45) is 0. The number of imide groups is 1. The summed E-state index contributed by atoms with van der Waals surface area (Å²) >= 11 is 5.97. The first kappa shape index (κ1) is 18.9. The third-order valence-electron chi connectivity index (χ3n) is 4.71. The second kappa shape index (κ2) is 7.53. The molecule has 3 aromatic carbocycles. The number of rotatable bonds is 4. The molecule has 0 saturated carbocycles. The first-order valence-electron chi connectivity index (χ1n) is 8.93. The van der Waals surface area contributed by atoms with Gasteiger partial charge in [0.25, 0.3) is 11.8 Å². The summed E-state index contributed by atoms with van der Waals surface area (Å²) in [6, 6.07) is 19.7. The van der Waals surface area contributed by atoms with E-state index in [9.17, 15) is 14.0 Å². The number of anilines is 2. The molecule has 0 bridgehead atoms. The highest BCUT2D eigenvalue weighted by molar-refractivity contribution is 6.46. The third-order valence-corrected chi connectivity index (χ3v) is 4.97. The van der Waals surface area contributed by atoms with E-state index in [-0.39, 0.29) is 17.0 Å². The molecule has 1 aliphatic heterocycles. The number of benzene rings is 3. The fraction of sp³-hybridized carbons (Fsp3) is 0.0435. The zero-order valence-electron chi connectivity index (χ0n) is 15.4. The molecule has 4 rings (SSSR count). The number of carbonyl (C=O) groups excluding carboxylic acids is 2. The highest BCUT2D eigenvalue weighted by atomic mass is 35.5. The number of amides is 2. The molecule has 2 amide bonds. The molecule has 0 spiro atoms. The lowest BCUT2D eigenvalue weighted by Crippen LogP contribution is -2.33. The lowest BCUT2D eigenvalue weighted by Gasteiger charge is -2.16. The van der Waals surface area contributed by atoms with Crippen LogP contribution in [0.15, 0.2) is 78.5 Å². The van der Waals surface area contributed by atoms with Crippen LogP contribution in [0.5, 0.6) is 0 Å². The molecule has 3 aromatic rings. The molecule has 1 aliphatic rings. The Kier molecular flexibility index (Phi) is 4.91. The van der Waals surface area contributed by atoms with Gasteiger partial charge in [-0.05, 0) is 48.4 Å². The fourth-order valence-corrected chi connectivity index (χ4v) is 3.36. The largest absolute Gasteiger partial charge is 0.350 e. The van der Waals surface area contributed by atoms with E-state index in [1.807, 2.05) is 31.2 Å². The molecule has 4 nitrogen and oxygen atoms in total. The van der Waals surface area contributed by atoms with Crippen molar-refractivity contribution in [2.24, 2.45) is 0 Å². The zero-order valence-corrected chi connectivity index (χ0v) is 16.2. The topological polar surface area (TPSA) is 49.4 Å². The van der Waals surface area contributed by atoms with Gasteiger partial charge in [0.2, 0.25) is 0 Å². The van der Waals surface area contributed by atoms with Crippen LogP contribution in [0.3, 0.4) is 0 Å². The number of nitrogens with one attached hydrogen (secondary N) is 1. The molecule has 0 radical (unpaired) electrons. The summed E-state index contributed by atoms with van der Waals surface area (Å²) in [4.78, 5) is 27.3. The van der Waals surface area contributed by atoms with Crippen molar-refractivity contribution in [1.82, 2.24) is 0 Å². The average molecular weight is 407 g/mol. The van der Waals surface area contributed by atoms with E-state index in [0.717, 1.165) is 10.5 Å². The highest BCUT2D eigenvalue weighted by Gasteiger charge is 2.41. The standard InChI is InChI=1S/C23H16ClFN2O2/c1-14-6-2-4-8-18(14)26-21-20(15-10-12-16(24)13-11-15)22(28)27(23(21)29)19-9-5-3-7-17(19)25/h2-13,26H,1H3. The van der Waals surface area contributed by atoms with Crippen molar-refractivity contribution in [3.05, 3.63) is 100 Å². The van der Waals surface area contributed by atoms with Gasteiger partial charge in [-0.2, -0.15) is 0 Å². The lowest BCUT2D eigenvalue weighted by atomic mass is 10.0. The van der Waals surface area contributed by atoms with Gasteiger partial charge < -0.3 is 5.32 Å². The highest BCUT2D eigenvalue weighted by Crippen LogP contribution is 2.35. The van der Waals surface area contributed by atoms with Crippen molar-refractivity contribution in [3.8, 4) is 0 Å². The van der Waals surface area contributed by atoms with Gasteiger partial charge in [0.1, 0.15) is 11.5 Å². The molecular formula is C23H16ClFN2O2. The Bertz CT molecular complexity index is 1160. The van der Waals surface area contributed by atoms with Gasteiger partial charge in [-0.3, -0.25) is 9.59 Å². The molecule has 0 aliphatic carbocycles. The van der Waals surface area contributed by atoms with E-state index < -0.39 is 17.6 Å². The zero-order chi connectivity index (χ0) is 20.5. The smallest absolute Gasteiger partial charge is 0.282 e. The fourth-order valence-electron chi connectivity index (χ4n) is 3.23. The van der Waals surface area contributed by atoms with E-state index in [2.05, 4.69) is 5.32 Å². The minimum atomic E-state index is -0.651. The molecule has 0 aromatic heterocycles. The first-order valence-corrected chi connectivity index (χ1v) is 9.31. The van der Waals surface area contributed by atoms with Crippen LogP contribution in [0.4, 0.5) is 15.8 Å². The second-order valence-corrected chi connectivity index (χ2v) is 7.03. The molecule has 1 N–H and O–H groups in total. The summed E-state index contributed by atoms with van der Waals surface area (Å²) in [5.74, 6) is -1.87. The molecule has 29 heavy (non-hydrogen) atoms. The molecule has 0 fully saturated rings. The maximum Gasteiger partial charge on any atom is 0.282 e. The Hall–Kier alpha value is -3.44. The van der Waals surface area contributed by atoms with Crippen LogP contribution in [-0.2, 0) is 9.59 Å². The first-order chi connectivity index (χ1) is 14.0. The Morgan fingerprint density at radius 1 is 0.862 bits per heavy atom. The van der Waals surface area contributed by atoms with Gasteiger partial charge in [0.15, 0.2) is 0 Å². The number of hydrogen-bond donors (Lipinski definition) is 1. The minimum Gasteiger partial charge on any atom is -0.350 e. The van der Waals surface area contributed by atoms with Gasteiger partial charge in [-0.15, -0.1) is 0 Å². The van der Waals surface area contributed by atoms with Crippen molar-refractivity contribution in [2.45, 2.75) is 6.92 Å².